The minimum absolute atomic E-state index is 0.433. The van der Waals surface area contributed by atoms with Crippen LogP contribution in [0.25, 0.3) is 22.5 Å². The number of aromatic amines is 1. The van der Waals surface area contributed by atoms with Crippen LogP contribution in [-0.2, 0) is 12.8 Å². The molecule has 5 heteroatoms. The van der Waals surface area contributed by atoms with Gasteiger partial charge in [0, 0.05) is 17.3 Å². The molecule has 1 aromatic carbocycles. The number of aromatic nitrogens is 3. The van der Waals surface area contributed by atoms with Crippen molar-refractivity contribution in [2.75, 3.05) is 0 Å². The zero-order valence-electron chi connectivity index (χ0n) is 11.8. The molecule has 0 radical (unpaired) electrons. The first-order valence-corrected chi connectivity index (χ1v) is 7.15. The van der Waals surface area contributed by atoms with Crippen molar-refractivity contribution in [3.63, 3.8) is 0 Å². The number of rotatable bonds is 2. The van der Waals surface area contributed by atoms with Crippen molar-refractivity contribution in [3.05, 3.63) is 59.4 Å². The number of benzene rings is 1. The highest BCUT2D eigenvalue weighted by molar-refractivity contribution is 5.99. The summed E-state index contributed by atoms with van der Waals surface area (Å²) in [6.07, 6.45) is 5.53. The average Bonchev–Trinajstić information content (AvgIpc) is 3.03. The fraction of sp³-hybridized carbons (Fsp3) is 0.118. The minimum Gasteiger partial charge on any atom is -0.366 e. The van der Waals surface area contributed by atoms with Gasteiger partial charge in [0.15, 0.2) is 0 Å². The molecular weight excluding hydrogens is 276 g/mol. The number of carbonyl (C=O) groups excluding carboxylic acids is 1. The van der Waals surface area contributed by atoms with Gasteiger partial charge in [-0.05, 0) is 42.2 Å². The average molecular weight is 290 g/mol. The van der Waals surface area contributed by atoms with Gasteiger partial charge in [0.1, 0.15) is 0 Å². The summed E-state index contributed by atoms with van der Waals surface area (Å²) in [6, 6.07) is 9.56. The summed E-state index contributed by atoms with van der Waals surface area (Å²) in [5.74, 6) is -0.469. The van der Waals surface area contributed by atoms with Crippen LogP contribution in [0.3, 0.4) is 0 Å². The Morgan fingerprint density at radius 3 is 2.91 bits per heavy atom. The van der Waals surface area contributed by atoms with Gasteiger partial charge in [-0.1, -0.05) is 12.1 Å². The number of carbonyl (C=O) groups is 1. The predicted octanol–water partition coefficient (Wildman–Crippen LogP) is 2.34. The molecule has 3 aromatic rings. The van der Waals surface area contributed by atoms with Gasteiger partial charge in [0.2, 0.25) is 0 Å². The molecule has 0 aliphatic heterocycles. The third kappa shape index (κ3) is 1.90. The van der Waals surface area contributed by atoms with Gasteiger partial charge in [0.05, 0.1) is 23.1 Å². The van der Waals surface area contributed by atoms with Crippen molar-refractivity contribution in [1.82, 2.24) is 15.2 Å². The van der Waals surface area contributed by atoms with Gasteiger partial charge in [-0.25, -0.2) is 0 Å². The van der Waals surface area contributed by atoms with E-state index in [1.54, 1.807) is 18.3 Å². The SMILES string of the molecule is NC(=O)c1cccnc1-c1ccc2c(c1)-c1[nH]ncc1CC2. The predicted molar refractivity (Wildman–Crippen MR) is 83.2 cm³/mol. The quantitative estimate of drug-likeness (QED) is 0.759. The van der Waals surface area contributed by atoms with Crippen LogP contribution in [0.15, 0.2) is 42.7 Å². The molecule has 2 aromatic heterocycles. The van der Waals surface area contributed by atoms with Gasteiger partial charge in [-0.2, -0.15) is 5.10 Å². The van der Waals surface area contributed by atoms with Crippen LogP contribution >= 0.6 is 0 Å². The van der Waals surface area contributed by atoms with Gasteiger partial charge in [-0.3, -0.25) is 14.9 Å². The number of H-pyrrole nitrogens is 1. The molecule has 0 spiro atoms. The molecule has 108 valence electrons. The lowest BCUT2D eigenvalue weighted by Crippen LogP contribution is -2.13. The Morgan fingerprint density at radius 1 is 1.18 bits per heavy atom. The Labute approximate surface area is 127 Å². The molecule has 1 aliphatic rings. The summed E-state index contributed by atoms with van der Waals surface area (Å²) in [5, 5.41) is 7.20. The molecule has 4 rings (SSSR count). The largest absolute Gasteiger partial charge is 0.366 e. The Balaban J connectivity index is 1.90. The van der Waals surface area contributed by atoms with E-state index in [0.717, 1.165) is 29.7 Å². The lowest BCUT2D eigenvalue weighted by Gasteiger charge is -2.17. The molecule has 0 bridgehead atoms. The van der Waals surface area contributed by atoms with Crippen LogP contribution in [-0.4, -0.2) is 21.1 Å². The van der Waals surface area contributed by atoms with Crippen LogP contribution in [0.2, 0.25) is 0 Å². The van der Waals surface area contributed by atoms with Crippen molar-refractivity contribution in [3.8, 4) is 22.5 Å². The highest BCUT2D eigenvalue weighted by Crippen LogP contribution is 2.35. The van der Waals surface area contributed by atoms with Crippen molar-refractivity contribution in [1.29, 1.82) is 0 Å². The zero-order chi connectivity index (χ0) is 15.1. The number of nitrogens with two attached hydrogens (primary N) is 1. The number of hydrogen-bond donors (Lipinski definition) is 2. The lowest BCUT2D eigenvalue weighted by molar-refractivity contribution is 0.100. The summed E-state index contributed by atoms with van der Waals surface area (Å²) < 4.78 is 0. The first-order valence-electron chi connectivity index (χ1n) is 7.15. The normalized spacial score (nSPS) is 12.5. The van der Waals surface area contributed by atoms with E-state index >= 15 is 0 Å². The molecule has 0 saturated heterocycles. The first-order chi connectivity index (χ1) is 10.7. The molecule has 5 nitrogen and oxygen atoms in total. The Hall–Kier alpha value is -2.95. The molecule has 1 amide bonds. The van der Waals surface area contributed by atoms with E-state index in [4.69, 9.17) is 5.73 Å². The number of fused-ring (bicyclic) bond motifs is 3. The maximum absolute atomic E-state index is 11.6. The monoisotopic (exact) mass is 290 g/mol. The second-order valence-electron chi connectivity index (χ2n) is 5.41. The number of pyridine rings is 1. The highest BCUT2D eigenvalue weighted by Gasteiger charge is 2.19. The Morgan fingerprint density at radius 2 is 2.05 bits per heavy atom. The maximum atomic E-state index is 11.6. The third-order valence-electron chi connectivity index (χ3n) is 4.11. The summed E-state index contributed by atoms with van der Waals surface area (Å²) >= 11 is 0. The van der Waals surface area contributed by atoms with E-state index in [1.165, 1.54) is 11.1 Å². The summed E-state index contributed by atoms with van der Waals surface area (Å²) in [5.41, 5.74) is 12.1. The van der Waals surface area contributed by atoms with Crippen LogP contribution in [0.1, 0.15) is 21.5 Å². The highest BCUT2D eigenvalue weighted by atomic mass is 16.1. The Bertz CT molecular complexity index is 882. The van der Waals surface area contributed by atoms with Gasteiger partial charge in [-0.15, -0.1) is 0 Å². The van der Waals surface area contributed by atoms with Crippen molar-refractivity contribution >= 4 is 5.91 Å². The number of hydrogen-bond acceptors (Lipinski definition) is 3. The molecule has 3 N–H and O–H groups in total. The second kappa shape index (κ2) is 4.80. The number of nitrogens with zero attached hydrogens (tertiary/aromatic N) is 2. The molecule has 2 heterocycles. The van der Waals surface area contributed by atoms with Crippen molar-refractivity contribution in [2.24, 2.45) is 5.73 Å². The number of amides is 1. The van der Waals surface area contributed by atoms with E-state index in [-0.39, 0.29) is 0 Å². The van der Waals surface area contributed by atoms with E-state index in [0.29, 0.717) is 11.3 Å². The smallest absolute Gasteiger partial charge is 0.250 e. The van der Waals surface area contributed by atoms with Crippen molar-refractivity contribution < 1.29 is 4.79 Å². The summed E-state index contributed by atoms with van der Waals surface area (Å²) in [7, 11) is 0. The second-order valence-corrected chi connectivity index (χ2v) is 5.41. The van der Waals surface area contributed by atoms with Crippen LogP contribution in [0.4, 0.5) is 0 Å². The molecule has 22 heavy (non-hydrogen) atoms. The molecule has 0 atom stereocenters. The minimum atomic E-state index is -0.469. The summed E-state index contributed by atoms with van der Waals surface area (Å²) in [4.78, 5) is 15.9. The standard InChI is InChI=1S/C17H14N4O/c18-17(22)13-2-1-7-19-15(13)11-5-3-10-4-6-12-9-20-21-16(12)14(10)8-11/h1-3,5,7-9H,4,6H2,(H2,18,22)(H,20,21). The van der Waals surface area contributed by atoms with Crippen LogP contribution in [0.5, 0.6) is 0 Å². The Kier molecular flexibility index (Phi) is 2.79. The molecule has 0 unspecified atom stereocenters. The first kappa shape index (κ1) is 12.8. The molecular formula is C17H14N4O. The summed E-state index contributed by atoms with van der Waals surface area (Å²) in [6.45, 7) is 0. The zero-order valence-corrected chi connectivity index (χ0v) is 11.8. The van der Waals surface area contributed by atoms with E-state index in [9.17, 15) is 4.79 Å². The van der Waals surface area contributed by atoms with Gasteiger partial charge < -0.3 is 5.73 Å². The van der Waals surface area contributed by atoms with E-state index in [2.05, 4.69) is 27.3 Å². The fourth-order valence-electron chi connectivity index (χ4n) is 3.01. The van der Waals surface area contributed by atoms with Gasteiger partial charge >= 0.3 is 0 Å². The maximum Gasteiger partial charge on any atom is 0.250 e. The third-order valence-corrected chi connectivity index (χ3v) is 4.11. The molecule has 0 saturated carbocycles. The fourth-order valence-corrected chi connectivity index (χ4v) is 3.01. The lowest BCUT2D eigenvalue weighted by atomic mass is 9.88. The number of aryl methyl sites for hydroxylation is 2. The number of nitrogens with one attached hydrogen (secondary N) is 1. The molecule has 0 fully saturated rings. The molecule has 1 aliphatic carbocycles. The topological polar surface area (TPSA) is 84.7 Å². The van der Waals surface area contributed by atoms with Gasteiger partial charge in [0.25, 0.3) is 5.91 Å². The van der Waals surface area contributed by atoms with E-state index < -0.39 is 5.91 Å². The van der Waals surface area contributed by atoms with E-state index in [1.807, 2.05) is 12.3 Å². The van der Waals surface area contributed by atoms with Crippen molar-refractivity contribution in [2.45, 2.75) is 12.8 Å². The number of primary amides is 1. The van der Waals surface area contributed by atoms with Crippen LogP contribution < -0.4 is 5.73 Å². The van der Waals surface area contributed by atoms with Crippen LogP contribution in [0, 0.1) is 0 Å².